The van der Waals surface area contributed by atoms with Crippen molar-refractivity contribution in [3.63, 3.8) is 0 Å². The van der Waals surface area contributed by atoms with E-state index in [1.807, 2.05) is 0 Å². The van der Waals surface area contributed by atoms with E-state index < -0.39 is 0 Å². The molecular formula is C17H27ClN2O2. The second kappa shape index (κ2) is 9.13. The summed E-state index contributed by atoms with van der Waals surface area (Å²) >= 11 is 0. The minimum Gasteiger partial charge on any atom is -0.381 e. The van der Waals surface area contributed by atoms with Gasteiger partial charge in [-0.15, -0.1) is 12.4 Å². The third-order valence-corrected chi connectivity index (χ3v) is 4.06. The van der Waals surface area contributed by atoms with Gasteiger partial charge in [-0.05, 0) is 29.9 Å². The van der Waals surface area contributed by atoms with Crippen molar-refractivity contribution in [1.82, 2.24) is 5.32 Å². The minimum absolute atomic E-state index is 0. The number of amides is 1. The number of rotatable bonds is 5. The number of carbonyl (C=O) groups excluding carboxylic acids is 1. The molecule has 1 aromatic rings. The Bertz CT molecular complexity index is 456. The molecule has 4 nitrogen and oxygen atoms in total. The second-order valence-corrected chi connectivity index (χ2v) is 6.09. The van der Waals surface area contributed by atoms with Crippen molar-refractivity contribution in [2.75, 3.05) is 19.8 Å². The Balaban J connectivity index is 0.00000242. The van der Waals surface area contributed by atoms with E-state index in [1.54, 1.807) is 0 Å². The fourth-order valence-electron chi connectivity index (χ4n) is 2.55. The number of ether oxygens (including phenoxy) is 1. The maximum atomic E-state index is 12.0. The first-order valence-corrected chi connectivity index (χ1v) is 7.79. The molecule has 2 unspecified atom stereocenters. The highest BCUT2D eigenvalue weighted by atomic mass is 35.5. The van der Waals surface area contributed by atoms with Gasteiger partial charge in [-0.2, -0.15) is 0 Å². The van der Waals surface area contributed by atoms with Crippen molar-refractivity contribution in [3.05, 3.63) is 35.4 Å². The highest BCUT2D eigenvalue weighted by molar-refractivity contribution is 5.85. The van der Waals surface area contributed by atoms with Gasteiger partial charge in [0.1, 0.15) is 0 Å². The van der Waals surface area contributed by atoms with Crippen molar-refractivity contribution in [2.24, 2.45) is 11.7 Å². The molecule has 0 aliphatic carbocycles. The van der Waals surface area contributed by atoms with E-state index >= 15 is 0 Å². The molecule has 124 valence electrons. The van der Waals surface area contributed by atoms with Crippen molar-refractivity contribution < 1.29 is 9.53 Å². The van der Waals surface area contributed by atoms with Gasteiger partial charge in [-0.3, -0.25) is 4.79 Å². The Morgan fingerprint density at radius 2 is 1.95 bits per heavy atom. The normalized spacial score (nSPS) is 19.4. The summed E-state index contributed by atoms with van der Waals surface area (Å²) in [6.45, 7) is 6.11. The van der Waals surface area contributed by atoms with Crippen LogP contribution in [0, 0.1) is 5.92 Å². The molecule has 1 aromatic carbocycles. The lowest BCUT2D eigenvalue weighted by molar-refractivity contribution is -0.129. The van der Waals surface area contributed by atoms with Crippen LogP contribution in [0.3, 0.4) is 0 Å². The lowest BCUT2D eigenvalue weighted by Gasteiger charge is -2.22. The monoisotopic (exact) mass is 326 g/mol. The van der Waals surface area contributed by atoms with Crippen LogP contribution in [0.4, 0.5) is 0 Å². The quantitative estimate of drug-likeness (QED) is 0.874. The van der Waals surface area contributed by atoms with Gasteiger partial charge >= 0.3 is 0 Å². The number of hydrogen-bond donors (Lipinski definition) is 2. The summed E-state index contributed by atoms with van der Waals surface area (Å²) in [6.07, 6.45) is 1.87. The number of halogens is 1. The Hall–Kier alpha value is -1.10. The van der Waals surface area contributed by atoms with Crippen molar-refractivity contribution in [3.8, 4) is 0 Å². The zero-order valence-corrected chi connectivity index (χ0v) is 14.2. The second-order valence-electron chi connectivity index (χ2n) is 6.09. The van der Waals surface area contributed by atoms with Crippen LogP contribution in [0.2, 0.25) is 0 Å². The Kier molecular flexibility index (Phi) is 7.87. The number of benzene rings is 1. The first kappa shape index (κ1) is 18.9. The van der Waals surface area contributed by atoms with Crippen LogP contribution in [-0.4, -0.2) is 25.7 Å². The molecule has 0 saturated carbocycles. The van der Waals surface area contributed by atoms with E-state index in [2.05, 4.69) is 43.4 Å². The maximum absolute atomic E-state index is 12.0. The van der Waals surface area contributed by atoms with Crippen LogP contribution < -0.4 is 11.1 Å². The van der Waals surface area contributed by atoms with Crippen LogP contribution in [0.25, 0.3) is 0 Å². The van der Waals surface area contributed by atoms with Gasteiger partial charge < -0.3 is 15.8 Å². The topological polar surface area (TPSA) is 64.3 Å². The van der Waals surface area contributed by atoms with Gasteiger partial charge in [0.15, 0.2) is 0 Å². The molecule has 2 rings (SSSR count). The molecule has 0 radical (unpaired) electrons. The number of carbonyl (C=O) groups is 1. The number of nitrogens with two attached hydrogens (primary N) is 1. The summed E-state index contributed by atoms with van der Waals surface area (Å²) in [5.41, 5.74) is 8.51. The van der Waals surface area contributed by atoms with Gasteiger partial charge in [-0.25, -0.2) is 0 Å². The summed E-state index contributed by atoms with van der Waals surface area (Å²) in [5.74, 6) is 0.555. The van der Waals surface area contributed by atoms with Gasteiger partial charge in [-0.1, -0.05) is 38.1 Å². The van der Waals surface area contributed by atoms with E-state index in [0.717, 1.165) is 25.0 Å². The zero-order chi connectivity index (χ0) is 15.2. The van der Waals surface area contributed by atoms with E-state index in [-0.39, 0.29) is 30.3 Å². The molecule has 22 heavy (non-hydrogen) atoms. The van der Waals surface area contributed by atoms with Crippen LogP contribution >= 0.6 is 12.4 Å². The van der Waals surface area contributed by atoms with E-state index in [4.69, 9.17) is 10.5 Å². The predicted octanol–water partition coefficient (Wildman–Crippen LogP) is 2.77. The zero-order valence-electron chi connectivity index (χ0n) is 13.4. The van der Waals surface area contributed by atoms with Crippen molar-refractivity contribution in [1.29, 1.82) is 0 Å². The van der Waals surface area contributed by atoms with Gasteiger partial charge in [0.2, 0.25) is 5.91 Å². The molecular weight excluding hydrogens is 300 g/mol. The Morgan fingerprint density at radius 1 is 1.32 bits per heavy atom. The summed E-state index contributed by atoms with van der Waals surface area (Å²) in [4.78, 5) is 12.0. The summed E-state index contributed by atoms with van der Waals surface area (Å²) in [7, 11) is 0. The Labute approximate surface area is 139 Å². The number of nitrogens with one attached hydrogen (secondary N) is 1. The van der Waals surface area contributed by atoms with Crippen LogP contribution in [0.1, 0.15) is 49.8 Å². The van der Waals surface area contributed by atoms with E-state index in [0.29, 0.717) is 19.1 Å². The molecule has 1 aliphatic heterocycles. The standard InChI is InChI=1S/C17H26N2O2.ClH/c1-12(2)13-5-7-14(8-6-13)16(18)10-19-17(20)15-4-3-9-21-11-15;/h5-8,12,15-16H,3-4,9-11,18H2,1-2H3,(H,19,20);1H. The first-order chi connectivity index (χ1) is 10.1. The van der Waals surface area contributed by atoms with Crippen LogP contribution in [0.15, 0.2) is 24.3 Å². The smallest absolute Gasteiger partial charge is 0.225 e. The molecule has 0 bridgehead atoms. The molecule has 1 amide bonds. The van der Waals surface area contributed by atoms with Gasteiger partial charge in [0.05, 0.1) is 12.5 Å². The lowest BCUT2D eigenvalue weighted by Crippen LogP contribution is -2.39. The van der Waals surface area contributed by atoms with Gasteiger partial charge in [0, 0.05) is 19.2 Å². The average Bonchev–Trinajstić information content (AvgIpc) is 2.53. The third kappa shape index (κ3) is 5.27. The molecule has 1 fully saturated rings. The highest BCUT2D eigenvalue weighted by Gasteiger charge is 2.22. The van der Waals surface area contributed by atoms with E-state index in [1.165, 1.54) is 5.56 Å². The summed E-state index contributed by atoms with van der Waals surface area (Å²) in [5, 5.41) is 2.94. The first-order valence-electron chi connectivity index (χ1n) is 7.79. The van der Waals surface area contributed by atoms with Crippen molar-refractivity contribution >= 4 is 18.3 Å². The molecule has 5 heteroatoms. The Morgan fingerprint density at radius 3 is 2.50 bits per heavy atom. The fraction of sp³-hybridized carbons (Fsp3) is 0.588. The molecule has 3 N–H and O–H groups in total. The fourth-order valence-corrected chi connectivity index (χ4v) is 2.55. The molecule has 0 spiro atoms. The average molecular weight is 327 g/mol. The van der Waals surface area contributed by atoms with Crippen molar-refractivity contribution in [2.45, 2.75) is 38.6 Å². The van der Waals surface area contributed by atoms with Gasteiger partial charge in [0.25, 0.3) is 0 Å². The molecule has 1 heterocycles. The third-order valence-electron chi connectivity index (χ3n) is 4.06. The molecule has 1 aliphatic rings. The predicted molar refractivity (Wildman–Crippen MR) is 91.3 cm³/mol. The molecule has 1 saturated heterocycles. The molecule has 0 aromatic heterocycles. The van der Waals surface area contributed by atoms with Crippen LogP contribution in [0.5, 0.6) is 0 Å². The number of hydrogen-bond acceptors (Lipinski definition) is 3. The largest absolute Gasteiger partial charge is 0.381 e. The lowest BCUT2D eigenvalue weighted by atomic mass is 9.99. The minimum atomic E-state index is -0.167. The molecule has 2 atom stereocenters. The SMILES string of the molecule is CC(C)c1ccc(C(N)CNC(=O)C2CCCOC2)cc1.Cl. The van der Waals surface area contributed by atoms with Crippen LogP contribution in [-0.2, 0) is 9.53 Å². The summed E-state index contributed by atoms with van der Waals surface area (Å²) < 4.78 is 5.34. The summed E-state index contributed by atoms with van der Waals surface area (Å²) in [6, 6.07) is 8.15. The maximum Gasteiger partial charge on any atom is 0.225 e. The van der Waals surface area contributed by atoms with E-state index in [9.17, 15) is 4.79 Å². The highest BCUT2D eigenvalue weighted by Crippen LogP contribution is 2.18.